The highest BCUT2D eigenvalue weighted by molar-refractivity contribution is 7.71. The summed E-state index contributed by atoms with van der Waals surface area (Å²) in [5, 5.41) is 2.70. The predicted octanol–water partition coefficient (Wildman–Crippen LogP) is 4.34. The fraction of sp³-hybridized carbons (Fsp3) is 0.600. The lowest BCUT2D eigenvalue weighted by Gasteiger charge is -2.26. The van der Waals surface area contributed by atoms with Crippen molar-refractivity contribution < 1.29 is 0 Å². The molecular formula is C15H20N2OS2. The molecule has 3 nitrogen and oxygen atoms in total. The molecule has 1 aliphatic carbocycles. The number of fused-ring (bicyclic) bond motifs is 1. The molecule has 2 heterocycles. The van der Waals surface area contributed by atoms with Gasteiger partial charge in [-0.3, -0.25) is 9.36 Å². The van der Waals surface area contributed by atoms with E-state index in [4.69, 9.17) is 12.2 Å². The minimum absolute atomic E-state index is 0.0641. The quantitative estimate of drug-likeness (QED) is 0.857. The molecule has 1 N–H and O–H groups in total. The number of hydrogen-bond donors (Lipinski definition) is 1. The first kappa shape index (κ1) is 14.0. The molecule has 0 unspecified atom stereocenters. The van der Waals surface area contributed by atoms with Crippen molar-refractivity contribution in [2.24, 2.45) is 11.8 Å². The Morgan fingerprint density at radius 1 is 1.40 bits per heavy atom. The maximum Gasteiger partial charge on any atom is 0.263 e. The van der Waals surface area contributed by atoms with E-state index in [0.29, 0.717) is 4.77 Å². The molecule has 1 aliphatic rings. The van der Waals surface area contributed by atoms with Crippen LogP contribution in [0.15, 0.2) is 16.2 Å². The van der Waals surface area contributed by atoms with E-state index in [1.165, 1.54) is 37.0 Å². The monoisotopic (exact) mass is 308 g/mol. The first-order chi connectivity index (χ1) is 9.65. The Balaban J connectivity index is 1.77. The molecule has 5 heteroatoms. The molecule has 3 rings (SSSR count). The number of thiophene rings is 1. The van der Waals surface area contributed by atoms with Gasteiger partial charge in [-0.2, -0.15) is 0 Å². The van der Waals surface area contributed by atoms with Crippen LogP contribution in [0.1, 0.15) is 39.0 Å². The van der Waals surface area contributed by atoms with Crippen LogP contribution in [0.25, 0.3) is 10.2 Å². The summed E-state index contributed by atoms with van der Waals surface area (Å²) in [6, 6.07) is 1.88. The molecule has 0 aliphatic heterocycles. The van der Waals surface area contributed by atoms with E-state index in [9.17, 15) is 4.79 Å². The van der Waals surface area contributed by atoms with E-state index in [1.54, 1.807) is 4.57 Å². The van der Waals surface area contributed by atoms with E-state index < -0.39 is 0 Å². The van der Waals surface area contributed by atoms with E-state index in [2.05, 4.69) is 11.9 Å². The third-order valence-corrected chi connectivity index (χ3v) is 5.66. The van der Waals surface area contributed by atoms with Crippen LogP contribution in [0.2, 0.25) is 0 Å². The standard InChI is InChI=1S/C15H20N2OS2/c1-10-2-4-11(5-3-10)6-8-17-14(18)12-7-9-20-13(12)16-15(17)19/h7,9-11H,2-6,8H2,1H3,(H,16,19). The molecule has 0 aromatic carbocycles. The fourth-order valence-electron chi connectivity index (χ4n) is 3.11. The number of aromatic amines is 1. The fourth-order valence-corrected chi connectivity index (χ4v) is 4.23. The Labute approximate surface area is 127 Å². The molecule has 0 atom stereocenters. The van der Waals surface area contributed by atoms with Crippen molar-refractivity contribution in [3.63, 3.8) is 0 Å². The van der Waals surface area contributed by atoms with Crippen molar-refractivity contribution in [2.45, 2.75) is 45.6 Å². The van der Waals surface area contributed by atoms with E-state index >= 15 is 0 Å². The summed E-state index contributed by atoms with van der Waals surface area (Å²) >= 11 is 6.87. The van der Waals surface area contributed by atoms with Gasteiger partial charge in [-0.15, -0.1) is 11.3 Å². The Bertz CT molecular complexity index is 704. The van der Waals surface area contributed by atoms with Crippen LogP contribution in [-0.4, -0.2) is 9.55 Å². The molecular weight excluding hydrogens is 288 g/mol. The highest BCUT2D eigenvalue weighted by Gasteiger charge is 2.18. The molecule has 20 heavy (non-hydrogen) atoms. The summed E-state index contributed by atoms with van der Waals surface area (Å²) in [4.78, 5) is 16.5. The van der Waals surface area contributed by atoms with Gasteiger partial charge in [-0.25, -0.2) is 0 Å². The Kier molecular flexibility index (Phi) is 4.08. The van der Waals surface area contributed by atoms with Crippen LogP contribution in [0.3, 0.4) is 0 Å². The second kappa shape index (κ2) is 5.82. The molecule has 0 amide bonds. The van der Waals surface area contributed by atoms with Crippen LogP contribution in [-0.2, 0) is 6.54 Å². The predicted molar refractivity (Wildman–Crippen MR) is 87.0 cm³/mol. The number of rotatable bonds is 3. The van der Waals surface area contributed by atoms with Gasteiger partial charge in [0.15, 0.2) is 4.77 Å². The van der Waals surface area contributed by atoms with Crippen LogP contribution < -0.4 is 5.56 Å². The maximum absolute atomic E-state index is 12.4. The zero-order valence-electron chi connectivity index (χ0n) is 11.7. The zero-order valence-corrected chi connectivity index (χ0v) is 13.4. The molecule has 0 spiro atoms. The average Bonchev–Trinajstić information content (AvgIpc) is 2.89. The summed E-state index contributed by atoms with van der Waals surface area (Å²) in [5.74, 6) is 1.63. The second-order valence-corrected chi connectivity index (χ2v) is 7.27. The van der Waals surface area contributed by atoms with E-state index in [-0.39, 0.29) is 5.56 Å². The van der Waals surface area contributed by atoms with Gasteiger partial charge in [-0.1, -0.05) is 32.6 Å². The van der Waals surface area contributed by atoms with E-state index in [0.717, 1.165) is 35.0 Å². The third kappa shape index (κ3) is 2.74. The van der Waals surface area contributed by atoms with Gasteiger partial charge in [0.05, 0.1) is 5.39 Å². The Morgan fingerprint density at radius 2 is 2.15 bits per heavy atom. The largest absolute Gasteiger partial charge is 0.323 e. The van der Waals surface area contributed by atoms with Gasteiger partial charge in [0.25, 0.3) is 5.56 Å². The number of nitrogens with zero attached hydrogens (tertiary/aromatic N) is 1. The van der Waals surface area contributed by atoms with Gasteiger partial charge in [-0.05, 0) is 41.9 Å². The molecule has 0 radical (unpaired) electrons. The summed E-state index contributed by atoms with van der Waals surface area (Å²) < 4.78 is 2.30. The van der Waals surface area contributed by atoms with Gasteiger partial charge in [0.2, 0.25) is 0 Å². The summed E-state index contributed by atoms with van der Waals surface area (Å²) in [7, 11) is 0. The van der Waals surface area contributed by atoms with Crippen molar-refractivity contribution in [3.8, 4) is 0 Å². The molecule has 0 bridgehead atoms. The van der Waals surface area contributed by atoms with Crippen LogP contribution in [0.5, 0.6) is 0 Å². The first-order valence-electron chi connectivity index (χ1n) is 7.35. The van der Waals surface area contributed by atoms with Gasteiger partial charge in [0, 0.05) is 6.54 Å². The lowest BCUT2D eigenvalue weighted by Crippen LogP contribution is -2.23. The number of nitrogens with one attached hydrogen (secondary N) is 1. The summed E-state index contributed by atoms with van der Waals surface area (Å²) in [5.41, 5.74) is 0.0641. The van der Waals surface area contributed by atoms with Crippen LogP contribution in [0, 0.1) is 16.6 Å². The van der Waals surface area contributed by atoms with Crippen molar-refractivity contribution in [3.05, 3.63) is 26.6 Å². The highest BCUT2D eigenvalue weighted by Crippen LogP contribution is 2.30. The lowest BCUT2D eigenvalue weighted by molar-refractivity contribution is 0.267. The highest BCUT2D eigenvalue weighted by atomic mass is 32.1. The smallest absolute Gasteiger partial charge is 0.263 e. The van der Waals surface area contributed by atoms with Crippen molar-refractivity contribution >= 4 is 33.8 Å². The van der Waals surface area contributed by atoms with Crippen molar-refractivity contribution in [2.75, 3.05) is 0 Å². The average molecular weight is 308 g/mol. The molecule has 1 fully saturated rings. The zero-order chi connectivity index (χ0) is 14.1. The van der Waals surface area contributed by atoms with E-state index in [1.807, 2.05) is 11.4 Å². The third-order valence-electron chi connectivity index (χ3n) is 4.50. The number of aromatic nitrogens is 2. The molecule has 108 valence electrons. The Morgan fingerprint density at radius 3 is 2.90 bits per heavy atom. The topological polar surface area (TPSA) is 37.8 Å². The van der Waals surface area contributed by atoms with Gasteiger partial charge < -0.3 is 4.98 Å². The summed E-state index contributed by atoms with van der Waals surface area (Å²) in [6.45, 7) is 3.08. The van der Waals surface area contributed by atoms with Crippen molar-refractivity contribution in [1.82, 2.24) is 9.55 Å². The molecule has 0 saturated heterocycles. The van der Waals surface area contributed by atoms with Crippen LogP contribution >= 0.6 is 23.6 Å². The normalized spacial score (nSPS) is 23.2. The molecule has 2 aromatic heterocycles. The molecule has 1 saturated carbocycles. The lowest BCUT2D eigenvalue weighted by atomic mass is 9.81. The Hall–Kier alpha value is -0.940. The molecule has 2 aromatic rings. The second-order valence-electron chi connectivity index (χ2n) is 5.96. The van der Waals surface area contributed by atoms with Gasteiger partial charge >= 0.3 is 0 Å². The summed E-state index contributed by atoms with van der Waals surface area (Å²) in [6.07, 6.45) is 6.33. The number of H-pyrrole nitrogens is 1. The minimum atomic E-state index is 0.0641. The first-order valence-corrected chi connectivity index (χ1v) is 8.64. The van der Waals surface area contributed by atoms with Crippen molar-refractivity contribution in [1.29, 1.82) is 0 Å². The minimum Gasteiger partial charge on any atom is -0.323 e. The SMILES string of the molecule is CC1CCC(CCn2c(=S)[nH]c3sccc3c2=O)CC1. The maximum atomic E-state index is 12.4. The number of hydrogen-bond acceptors (Lipinski definition) is 3. The van der Waals surface area contributed by atoms with Crippen LogP contribution in [0.4, 0.5) is 0 Å². The van der Waals surface area contributed by atoms with Gasteiger partial charge in [0.1, 0.15) is 4.83 Å².